The number of nitriles is 1. The van der Waals surface area contributed by atoms with E-state index in [4.69, 9.17) is 5.73 Å². The molecule has 0 radical (unpaired) electrons. The molecule has 1 aliphatic heterocycles. The van der Waals surface area contributed by atoms with Gasteiger partial charge in [-0.2, -0.15) is 5.26 Å². The average molecular weight is 437 g/mol. The van der Waals surface area contributed by atoms with E-state index in [1.165, 1.54) is 0 Å². The molecule has 1 fully saturated rings. The van der Waals surface area contributed by atoms with Crippen LogP contribution in [0.2, 0.25) is 0 Å². The normalized spacial score (nSPS) is 21.1. The van der Waals surface area contributed by atoms with Gasteiger partial charge in [-0.1, -0.05) is 49.6 Å². The van der Waals surface area contributed by atoms with Crippen LogP contribution in [0.15, 0.2) is 47.4 Å². The number of carbonyl (C=O) groups excluding carboxylic acids is 1. The summed E-state index contributed by atoms with van der Waals surface area (Å²) in [5.74, 6) is -0.212. The number of nitrogens with two attached hydrogens (primary N) is 1. The molecular weight excluding hydrogens is 408 g/mol. The lowest BCUT2D eigenvalue weighted by Crippen LogP contribution is -2.57. The number of hydrogen-bond acceptors (Lipinski definition) is 4. The number of carbonyl (C=O) groups is 1. The van der Waals surface area contributed by atoms with Crippen LogP contribution in [0.1, 0.15) is 43.2 Å². The van der Waals surface area contributed by atoms with E-state index in [9.17, 15) is 14.3 Å². The molecule has 2 atom stereocenters. The lowest BCUT2D eigenvalue weighted by Gasteiger charge is -2.32. The molecule has 2 aliphatic rings. The molecule has 0 aromatic heterocycles. The molecule has 1 amide bonds. The smallest absolute Gasteiger partial charge is 0.241 e. The highest BCUT2D eigenvalue weighted by Crippen LogP contribution is 2.31. The topological polar surface area (TPSA) is 99.2 Å². The standard InChI is InChI=1S/C24H28N4O2S/c1-28-16-20-14-19(9-10-22(20)31(28)30)18-7-5-17(6-8-18)13-21(15-25)27-23(29)24(26)11-3-2-4-12-24/h5-10,14,21H,2-4,11-13,16,26H2,1H3,(H,27,29)/t21-,31?/m0/s1. The summed E-state index contributed by atoms with van der Waals surface area (Å²) in [6, 6.07) is 15.6. The minimum absolute atomic E-state index is 0.212. The van der Waals surface area contributed by atoms with Crippen molar-refractivity contribution in [2.75, 3.05) is 7.05 Å². The molecule has 2 aromatic rings. The van der Waals surface area contributed by atoms with Crippen LogP contribution in [0.25, 0.3) is 11.1 Å². The molecule has 3 N–H and O–H groups in total. The van der Waals surface area contributed by atoms with Crippen LogP contribution in [0.3, 0.4) is 0 Å². The number of hydrogen-bond donors (Lipinski definition) is 2. The van der Waals surface area contributed by atoms with Gasteiger partial charge >= 0.3 is 0 Å². The van der Waals surface area contributed by atoms with E-state index in [1.54, 1.807) is 0 Å². The monoisotopic (exact) mass is 436 g/mol. The van der Waals surface area contributed by atoms with Gasteiger partial charge in [0.25, 0.3) is 0 Å². The molecule has 6 nitrogen and oxygen atoms in total. The third-order valence-corrected chi connectivity index (χ3v) is 7.78. The van der Waals surface area contributed by atoms with Crippen molar-refractivity contribution in [3.8, 4) is 17.2 Å². The molecule has 7 heteroatoms. The highest BCUT2D eigenvalue weighted by molar-refractivity contribution is 7.83. The van der Waals surface area contributed by atoms with E-state index in [0.29, 0.717) is 25.8 Å². The van der Waals surface area contributed by atoms with Gasteiger partial charge in [0.05, 0.1) is 16.5 Å². The summed E-state index contributed by atoms with van der Waals surface area (Å²) >= 11 is 0. The Morgan fingerprint density at radius 3 is 2.55 bits per heavy atom. The van der Waals surface area contributed by atoms with Gasteiger partial charge in [0, 0.05) is 20.0 Å². The fraction of sp³-hybridized carbons (Fsp3) is 0.417. The van der Waals surface area contributed by atoms with E-state index in [-0.39, 0.29) is 5.91 Å². The second-order valence-corrected chi connectivity index (χ2v) is 10.2. The minimum Gasteiger partial charge on any atom is -0.338 e. The highest BCUT2D eigenvalue weighted by atomic mass is 32.2. The molecule has 1 aliphatic carbocycles. The van der Waals surface area contributed by atoms with Crippen molar-refractivity contribution in [3.63, 3.8) is 0 Å². The van der Waals surface area contributed by atoms with Crippen LogP contribution in [-0.2, 0) is 28.7 Å². The zero-order valence-corrected chi connectivity index (χ0v) is 18.6. The predicted molar refractivity (Wildman–Crippen MR) is 121 cm³/mol. The molecule has 4 rings (SSSR count). The van der Waals surface area contributed by atoms with E-state index >= 15 is 0 Å². The molecular formula is C24H28N4O2S. The summed E-state index contributed by atoms with van der Waals surface area (Å²) in [4.78, 5) is 13.5. The largest absolute Gasteiger partial charge is 0.338 e. The summed E-state index contributed by atoms with van der Waals surface area (Å²) < 4.78 is 14.0. The Kier molecular flexibility index (Phi) is 6.24. The summed E-state index contributed by atoms with van der Waals surface area (Å²) in [5.41, 5.74) is 9.66. The van der Waals surface area contributed by atoms with Crippen LogP contribution >= 0.6 is 0 Å². The fourth-order valence-corrected chi connectivity index (χ4v) is 5.55. The molecule has 0 bridgehead atoms. The van der Waals surface area contributed by atoms with Crippen LogP contribution in [0, 0.1) is 11.3 Å². The van der Waals surface area contributed by atoms with Crippen LogP contribution in [0.4, 0.5) is 0 Å². The van der Waals surface area contributed by atoms with Crippen molar-refractivity contribution in [1.29, 1.82) is 5.26 Å². The van der Waals surface area contributed by atoms with Crippen molar-refractivity contribution in [3.05, 3.63) is 53.6 Å². The van der Waals surface area contributed by atoms with Gasteiger partial charge in [-0.15, -0.1) is 0 Å². The Morgan fingerprint density at radius 2 is 1.87 bits per heavy atom. The lowest BCUT2D eigenvalue weighted by molar-refractivity contribution is -0.127. The van der Waals surface area contributed by atoms with Crippen molar-refractivity contribution < 1.29 is 9.00 Å². The number of fused-ring (bicyclic) bond motifs is 1. The zero-order valence-electron chi connectivity index (χ0n) is 17.8. The van der Waals surface area contributed by atoms with Crippen LogP contribution < -0.4 is 11.1 Å². The molecule has 162 valence electrons. The maximum Gasteiger partial charge on any atom is 0.241 e. The molecule has 1 unspecified atom stereocenters. The number of rotatable bonds is 5. The Bertz CT molecular complexity index is 1040. The van der Waals surface area contributed by atoms with E-state index in [1.807, 2.05) is 47.8 Å². The SMILES string of the molecule is CN1Cc2cc(-c3ccc(C[C@@H](C#N)NC(=O)C4(N)CCCCC4)cc3)ccc2S1=O. The molecule has 2 aromatic carbocycles. The minimum atomic E-state index is -1.07. The van der Waals surface area contributed by atoms with Gasteiger partial charge in [-0.25, -0.2) is 8.51 Å². The quantitative estimate of drug-likeness (QED) is 0.752. The van der Waals surface area contributed by atoms with Crippen molar-refractivity contribution >= 4 is 16.9 Å². The lowest BCUT2D eigenvalue weighted by atomic mass is 9.81. The summed E-state index contributed by atoms with van der Waals surface area (Å²) in [5, 5.41) is 12.4. The van der Waals surface area contributed by atoms with Crippen LogP contribution in [-0.4, -0.2) is 33.0 Å². The molecule has 0 saturated heterocycles. The van der Waals surface area contributed by atoms with E-state index < -0.39 is 22.6 Å². The van der Waals surface area contributed by atoms with Gasteiger partial charge in [0.2, 0.25) is 5.91 Å². The molecule has 1 heterocycles. The highest BCUT2D eigenvalue weighted by Gasteiger charge is 2.36. The second kappa shape index (κ2) is 8.91. The van der Waals surface area contributed by atoms with Gasteiger partial charge in [0.15, 0.2) is 0 Å². The number of nitrogens with one attached hydrogen (secondary N) is 1. The average Bonchev–Trinajstić information content (AvgIpc) is 3.07. The van der Waals surface area contributed by atoms with Crippen LogP contribution in [0.5, 0.6) is 0 Å². The maximum absolute atomic E-state index is 12.6. The summed E-state index contributed by atoms with van der Waals surface area (Å²) in [6.45, 7) is 0.681. The first-order valence-corrected chi connectivity index (χ1v) is 11.8. The fourth-order valence-electron chi connectivity index (χ4n) is 4.43. The molecule has 0 spiro atoms. The van der Waals surface area contributed by atoms with Crippen molar-refractivity contribution in [1.82, 2.24) is 9.62 Å². The number of benzene rings is 2. The Balaban J connectivity index is 1.42. The summed E-state index contributed by atoms with van der Waals surface area (Å²) in [6.07, 6.45) is 4.81. The third-order valence-electron chi connectivity index (χ3n) is 6.31. The number of amides is 1. The number of nitrogens with zero attached hydrogens (tertiary/aromatic N) is 2. The molecule has 1 saturated carbocycles. The Hall–Kier alpha value is -2.53. The van der Waals surface area contributed by atoms with Crippen molar-refractivity contribution in [2.45, 2.75) is 61.5 Å². The summed E-state index contributed by atoms with van der Waals surface area (Å²) in [7, 11) is 0.787. The first kappa shape index (κ1) is 21.7. The van der Waals surface area contributed by atoms with Gasteiger partial charge in [-0.3, -0.25) is 4.79 Å². The zero-order chi connectivity index (χ0) is 22.0. The molecule has 31 heavy (non-hydrogen) atoms. The van der Waals surface area contributed by atoms with Gasteiger partial charge < -0.3 is 11.1 Å². The predicted octanol–water partition coefficient (Wildman–Crippen LogP) is 3.03. The van der Waals surface area contributed by atoms with Gasteiger partial charge in [0.1, 0.15) is 17.0 Å². The first-order chi connectivity index (χ1) is 14.9. The van der Waals surface area contributed by atoms with E-state index in [2.05, 4.69) is 17.5 Å². The Labute approximate surface area is 186 Å². The maximum atomic E-state index is 12.6. The van der Waals surface area contributed by atoms with E-state index in [0.717, 1.165) is 46.4 Å². The first-order valence-electron chi connectivity index (χ1n) is 10.7. The Morgan fingerprint density at radius 1 is 1.19 bits per heavy atom. The third kappa shape index (κ3) is 4.57. The van der Waals surface area contributed by atoms with Gasteiger partial charge in [-0.05, 0) is 47.2 Å². The van der Waals surface area contributed by atoms with Crippen molar-refractivity contribution in [2.24, 2.45) is 5.73 Å². The second-order valence-electron chi connectivity index (χ2n) is 8.63.